The third-order valence-corrected chi connectivity index (χ3v) is 7.53. The van der Waals surface area contributed by atoms with Crippen LogP contribution in [0.1, 0.15) is 24.2 Å². The Kier molecular flexibility index (Phi) is 11.0. The van der Waals surface area contributed by atoms with Crippen LogP contribution in [0.25, 0.3) is 0 Å². The summed E-state index contributed by atoms with van der Waals surface area (Å²) in [6.45, 7) is 1.74. The highest BCUT2D eigenvalue weighted by Gasteiger charge is 2.20. The molecule has 0 bridgehead atoms. The molecule has 0 spiro atoms. The second kappa shape index (κ2) is 13.3. The van der Waals surface area contributed by atoms with Gasteiger partial charge in [0.1, 0.15) is 5.75 Å². The lowest BCUT2D eigenvalue weighted by Gasteiger charge is -2.18. The molecule has 0 radical (unpaired) electrons. The van der Waals surface area contributed by atoms with Crippen LogP contribution < -0.4 is 10.1 Å². The van der Waals surface area contributed by atoms with Crippen molar-refractivity contribution in [2.75, 3.05) is 13.2 Å². The van der Waals surface area contributed by atoms with Crippen molar-refractivity contribution in [3.05, 3.63) is 87.9 Å². The van der Waals surface area contributed by atoms with Crippen molar-refractivity contribution in [3.63, 3.8) is 0 Å². The van der Waals surface area contributed by atoms with Crippen LogP contribution in [0, 0.1) is 0 Å². The van der Waals surface area contributed by atoms with Gasteiger partial charge in [-0.05, 0) is 66.9 Å². The van der Waals surface area contributed by atoms with Gasteiger partial charge in [0.05, 0.1) is 20.9 Å². The molecule has 2 atom stereocenters. The minimum Gasteiger partial charge on any atom is -0.480 e. The molecule has 11 heteroatoms. The number of nitrogens with one attached hydrogen (secondary N) is 1. The summed E-state index contributed by atoms with van der Waals surface area (Å²) in [5.74, 6) is -1.08. The fourth-order valence-corrected chi connectivity index (χ4v) is 5.20. The fraction of sp³-hybridized carbons (Fsp3) is 0.240. The van der Waals surface area contributed by atoms with Crippen LogP contribution in [0.3, 0.4) is 0 Å². The van der Waals surface area contributed by atoms with Crippen molar-refractivity contribution in [1.82, 2.24) is 5.32 Å². The molecule has 3 aromatic rings. The van der Waals surface area contributed by atoms with E-state index in [0.717, 1.165) is 11.1 Å². The monoisotopic (exact) mass is 573 g/mol. The maximum Gasteiger partial charge on any atom is 0.341 e. The molecular formula is C25H26Cl3NO6S. The highest BCUT2D eigenvalue weighted by atomic mass is 35.5. The summed E-state index contributed by atoms with van der Waals surface area (Å²) in [6, 6.07) is 17.5. The zero-order valence-corrected chi connectivity index (χ0v) is 22.4. The van der Waals surface area contributed by atoms with E-state index < -0.39 is 28.5 Å². The van der Waals surface area contributed by atoms with Crippen LogP contribution in [0.4, 0.5) is 0 Å². The predicted molar refractivity (Wildman–Crippen MR) is 141 cm³/mol. The number of carboxylic acid groups (broad SMARTS) is 1. The Morgan fingerprint density at radius 2 is 1.69 bits per heavy atom. The van der Waals surface area contributed by atoms with E-state index in [9.17, 15) is 18.3 Å². The number of sulfone groups is 1. The van der Waals surface area contributed by atoms with Crippen molar-refractivity contribution in [1.29, 1.82) is 0 Å². The predicted octanol–water partition coefficient (Wildman–Crippen LogP) is 4.97. The number of hydrogen-bond donors (Lipinski definition) is 3. The number of halogens is 3. The zero-order valence-electron chi connectivity index (χ0n) is 19.2. The standard InChI is InChI=1S/C25H25Cl2NO6S.ClH/c1-16(28-14-23(29)18-3-2-4-19(26)12-18)11-17-5-7-20(8-6-17)35(32,33)21-9-10-24(22(27)13-21)34-15-25(30)31;/h2-10,12-13,16,23,28-29H,11,14-15H2,1H3,(H,30,31);1H/t16-,23+;/m1./s1. The summed E-state index contributed by atoms with van der Waals surface area (Å²) in [5, 5.41) is 22.9. The van der Waals surface area contributed by atoms with Gasteiger partial charge in [0.15, 0.2) is 6.61 Å². The van der Waals surface area contributed by atoms with Gasteiger partial charge in [-0.2, -0.15) is 0 Å². The summed E-state index contributed by atoms with van der Waals surface area (Å²) in [4.78, 5) is 10.7. The van der Waals surface area contributed by atoms with E-state index >= 15 is 0 Å². The molecule has 0 fully saturated rings. The van der Waals surface area contributed by atoms with Crippen molar-refractivity contribution < 1.29 is 28.2 Å². The van der Waals surface area contributed by atoms with Gasteiger partial charge in [0, 0.05) is 17.6 Å². The van der Waals surface area contributed by atoms with E-state index in [1.807, 2.05) is 13.0 Å². The van der Waals surface area contributed by atoms with Gasteiger partial charge >= 0.3 is 5.97 Å². The normalized spacial score (nSPS) is 12.9. The Labute approximate surface area is 226 Å². The molecule has 36 heavy (non-hydrogen) atoms. The Hall–Kier alpha value is -2.33. The summed E-state index contributed by atoms with van der Waals surface area (Å²) < 4.78 is 31.0. The van der Waals surface area contributed by atoms with Crippen LogP contribution in [0.15, 0.2) is 76.5 Å². The van der Waals surface area contributed by atoms with E-state index in [1.54, 1.807) is 30.3 Å². The van der Waals surface area contributed by atoms with Gasteiger partial charge in [-0.15, -0.1) is 12.4 Å². The number of aliphatic hydroxyl groups is 1. The quantitative estimate of drug-likeness (QED) is 0.296. The number of aliphatic hydroxyl groups excluding tert-OH is 1. The van der Waals surface area contributed by atoms with Crippen LogP contribution in [-0.2, 0) is 21.1 Å². The largest absolute Gasteiger partial charge is 0.480 e. The molecule has 0 heterocycles. The highest BCUT2D eigenvalue weighted by molar-refractivity contribution is 7.91. The molecule has 3 N–H and O–H groups in total. The average Bonchev–Trinajstić information content (AvgIpc) is 2.82. The van der Waals surface area contributed by atoms with Crippen LogP contribution in [-0.4, -0.2) is 43.8 Å². The first-order chi connectivity index (χ1) is 16.6. The molecule has 3 aromatic carbocycles. The van der Waals surface area contributed by atoms with Gasteiger partial charge < -0.3 is 20.3 Å². The van der Waals surface area contributed by atoms with E-state index in [1.165, 1.54) is 30.3 Å². The van der Waals surface area contributed by atoms with E-state index in [-0.39, 0.29) is 39.0 Å². The fourth-order valence-electron chi connectivity index (χ4n) is 3.42. The summed E-state index contributed by atoms with van der Waals surface area (Å²) in [7, 11) is -3.83. The molecule has 0 aliphatic rings. The number of benzene rings is 3. The Morgan fingerprint density at radius 1 is 1.03 bits per heavy atom. The third kappa shape index (κ3) is 8.09. The lowest BCUT2D eigenvalue weighted by atomic mass is 10.1. The van der Waals surface area contributed by atoms with E-state index in [4.69, 9.17) is 33.0 Å². The molecule has 0 saturated carbocycles. The summed E-state index contributed by atoms with van der Waals surface area (Å²) in [6.07, 6.45) is -0.0688. The topological polar surface area (TPSA) is 113 Å². The molecule has 0 saturated heterocycles. The van der Waals surface area contributed by atoms with Crippen LogP contribution in [0.5, 0.6) is 5.75 Å². The average molecular weight is 575 g/mol. The maximum atomic E-state index is 13.0. The maximum absolute atomic E-state index is 13.0. The highest BCUT2D eigenvalue weighted by Crippen LogP contribution is 2.30. The Morgan fingerprint density at radius 3 is 2.31 bits per heavy atom. The number of ether oxygens (including phenoxy) is 1. The van der Waals surface area contributed by atoms with Crippen molar-refractivity contribution >= 4 is 51.4 Å². The van der Waals surface area contributed by atoms with Gasteiger partial charge in [0.2, 0.25) is 9.84 Å². The molecule has 0 aromatic heterocycles. The van der Waals surface area contributed by atoms with Gasteiger partial charge in [-0.3, -0.25) is 0 Å². The molecule has 0 unspecified atom stereocenters. The lowest BCUT2D eigenvalue weighted by Crippen LogP contribution is -2.32. The minimum atomic E-state index is -3.83. The van der Waals surface area contributed by atoms with Gasteiger partial charge in [-0.1, -0.05) is 47.5 Å². The number of hydrogen-bond acceptors (Lipinski definition) is 6. The number of aliphatic carboxylic acids is 1. The molecule has 7 nitrogen and oxygen atoms in total. The first-order valence-corrected chi connectivity index (χ1v) is 12.9. The molecule has 0 aliphatic carbocycles. The zero-order chi connectivity index (χ0) is 25.6. The lowest BCUT2D eigenvalue weighted by molar-refractivity contribution is -0.139. The van der Waals surface area contributed by atoms with Gasteiger partial charge in [0.25, 0.3) is 0 Å². The number of rotatable bonds is 11. The summed E-state index contributed by atoms with van der Waals surface area (Å²) in [5.41, 5.74) is 1.66. The molecule has 3 rings (SSSR count). The SMILES string of the molecule is C[C@H](Cc1ccc(S(=O)(=O)c2ccc(OCC(=O)O)c(Cl)c2)cc1)NC[C@H](O)c1cccc(Cl)c1.Cl. The summed E-state index contributed by atoms with van der Waals surface area (Å²) >= 11 is 12.0. The van der Waals surface area contributed by atoms with E-state index in [0.29, 0.717) is 18.0 Å². The van der Waals surface area contributed by atoms with Crippen molar-refractivity contribution in [2.45, 2.75) is 35.3 Å². The molecule has 0 aliphatic heterocycles. The third-order valence-electron chi connectivity index (χ3n) is 5.23. The smallest absolute Gasteiger partial charge is 0.341 e. The van der Waals surface area contributed by atoms with Crippen molar-refractivity contribution in [2.24, 2.45) is 0 Å². The molecule has 0 amide bonds. The molecule has 194 valence electrons. The first kappa shape index (κ1) is 29.9. The second-order valence-corrected chi connectivity index (χ2v) is 10.8. The Balaban J connectivity index is 0.00000456. The van der Waals surface area contributed by atoms with E-state index in [2.05, 4.69) is 5.32 Å². The van der Waals surface area contributed by atoms with Crippen molar-refractivity contribution in [3.8, 4) is 5.75 Å². The van der Waals surface area contributed by atoms with Crippen LogP contribution in [0.2, 0.25) is 10.0 Å². The minimum absolute atomic E-state index is 0. The number of carboxylic acids is 1. The second-order valence-electron chi connectivity index (χ2n) is 8.01. The van der Waals surface area contributed by atoms with Gasteiger partial charge in [-0.25, -0.2) is 13.2 Å². The first-order valence-electron chi connectivity index (χ1n) is 10.7. The molecular weight excluding hydrogens is 549 g/mol. The Bertz CT molecular complexity index is 1290. The number of carbonyl (C=O) groups is 1. The van der Waals surface area contributed by atoms with Crippen LogP contribution >= 0.6 is 35.6 Å².